The van der Waals surface area contributed by atoms with Crippen molar-refractivity contribution in [3.05, 3.63) is 70.8 Å². The monoisotopic (exact) mass is 425 g/mol. The number of hydrazone groups is 1. The second kappa shape index (κ2) is 7.54. The molecule has 28 heavy (non-hydrogen) atoms. The molecule has 1 atom stereocenters. The number of hydrogen-bond donors (Lipinski definition) is 0. The fraction of sp³-hybridized carbons (Fsp3) is 0.150. The number of para-hydroxylation sites is 1. The lowest BCUT2D eigenvalue weighted by Crippen LogP contribution is -2.28. The molecule has 5 rings (SSSR count). The molecule has 0 aliphatic carbocycles. The number of aromatic nitrogens is 1. The fourth-order valence-electron chi connectivity index (χ4n) is 3.14. The van der Waals surface area contributed by atoms with Gasteiger partial charge in [-0.2, -0.15) is 5.10 Å². The van der Waals surface area contributed by atoms with Crippen LogP contribution in [0, 0.1) is 0 Å². The van der Waals surface area contributed by atoms with Gasteiger partial charge in [-0.25, -0.2) is 9.99 Å². The molecule has 1 aliphatic rings. The molecule has 1 unspecified atom stereocenters. The van der Waals surface area contributed by atoms with Gasteiger partial charge in [-0.15, -0.1) is 22.7 Å². The van der Waals surface area contributed by atoms with E-state index in [1.165, 1.54) is 11.8 Å². The van der Waals surface area contributed by atoms with E-state index in [1.54, 1.807) is 33.9 Å². The minimum atomic E-state index is -0.0800. The second-order valence-corrected chi connectivity index (χ2v) is 9.47. The predicted molar refractivity (Wildman–Crippen MR) is 114 cm³/mol. The van der Waals surface area contributed by atoms with Crippen LogP contribution in [0.25, 0.3) is 10.2 Å². The third-order valence-corrected chi connectivity index (χ3v) is 7.57. The van der Waals surface area contributed by atoms with Gasteiger partial charge in [0.15, 0.2) is 4.34 Å². The Labute approximate surface area is 173 Å². The molecule has 3 aromatic heterocycles. The van der Waals surface area contributed by atoms with Crippen LogP contribution in [0.3, 0.4) is 0 Å². The van der Waals surface area contributed by atoms with Crippen molar-refractivity contribution in [3.8, 4) is 0 Å². The number of amides is 1. The van der Waals surface area contributed by atoms with Crippen LogP contribution in [-0.4, -0.2) is 27.4 Å². The van der Waals surface area contributed by atoms with Crippen molar-refractivity contribution in [2.24, 2.45) is 5.10 Å². The van der Waals surface area contributed by atoms with Crippen LogP contribution in [0.4, 0.5) is 0 Å². The Morgan fingerprint density at radius 3 is 2.93 bits per heavy atom. The Morgan fingerprint density at radius 2 is 2.14 bits per heavy atom. The zero-order valence-electron chi connectivity index (χ0n) is 14.6. The Balaban J connectivity index is 1.36. The van der Waals surface area contributed by atoms with Crippen LogP contribution in [0.2, 0.25) is 0 Å². The number of thioether (sulfide) groups is 1. The number of carbonyl (C=O) groups excluding carboxylic acids is 1. The maximum absolute atomic E-state index is 13.0. The number of benzene rings is 1. The molecule has 5 nitrogen and oxygen atoms in total. The summed E-state index contributed by atoms with van der Waals surface area (Å²) in [5, 5.41) is 8.25. The first-order chi connectivity index (χ1) is 13.8. The van der Waals surface area contributed by atoms with Crippen LogP contribution < -0.4 is 0 Å². The molecule has 0 radical (unpaired) electrons. The van der Waals surface area contributed by atoms with E-state index in [0.717, 1.165) is 30.9 Å². The summed E-state index contributed by atoms with van der Waals surface area (Å²) in [6.07, 6.45) is 2.29. The summed E-state index contributed by atoms with van der Waals surface area (Å²) in [7, 11) is 0. The number of carbonyl (C=O) groups is 1. The van der Waals surface area contributed by atoms with Gasteiger partial charge in [-0.05, 0) is 35.7 Å². The van der Waals surface area contributed by atoms with Gasteiger partial charge in [-0.3, -0.25) is 4.79 Å². The fourth-order valence-corrected chi connectivity index (χ4v) is 5.87. The summed E-state index contributed by atoms with van der Waals surface area (Å²) >= 11 is 4.72. The van der Waals surface area contributed by atoms with E-state index in [4.69, 9.17) is 4.42 Å². The number of fused-ring (bicyclic) bond motifs is 1. The Bertz CT molecular complexity index is 1100. The van der Waals surface area contributed by atoms with E-state index >= 15 is 0 Å². The van der Waals surface area contributed by atoms with E-state index in [9.17, 15) is 4.79 Å². The van der Waals surface area contributed by atoms with Gasteiger partial charge in [0.1, 0.15) is 11.5 Å². The molecule has 0 spiro atoms. The standard InChI is InChI=1S/C20H15N3O2S3/c24-19(12-27-20-21-13-5-1-2-7-17(13)28-20)23-15(18-8-4-10-26-18)11-14(22-23)16-6-3-9-25-16/h1-10,15H,11-12H2. The molecule has 1 aromatic carbocycles. The highest BCUT2D eigenvalue weighted by atomic mass is 32.2. The summed E-state index contributed by atoms with van der Waals surface area (Å²) in [4.78, 5) is 18.7. The van der Waals surface area contributed by atoms with Gasteiger partial charge >= 0.3 is 0 Å². The number of thiophene rings is 1. The van der Waals surface area contributed by atoms with Gasteiger partial charge in [0.25, 0.3) is 5.91 Å². The maximum atomic E-state index is 13.0. The average Bonchev–Trinajstić information content (AvgIpc) is 3.50. The van der Waals surface area contributed by atoms with Crippen molar-refractivity contribution in [2.45, 2.75) is 16.8 Å². The van der Waals surface area contributed by atoms with Crippen molar-refractivity contribution >= 4 is 56.3 Å². The van der Waals surface area contributed by atoms with Crippen molar-refractivity contribution < 1.29 is 9.21 Å². The largest absolute Gasteiger partial charge is 0.463 e. The smallest absolute Gasteiger partial charge is 0.253 e. The van der Waals surface area contributed by atoms with Crippen LogP contribution in [0.1, 0.15) is 23.1 Å². The van der Waals surface area contributed by atoms with Crippen LogP contribution >= 0.6 is 34.4 Å². The molecule has 4 heterocycles. The first kappa shape index (κ1) is 17.7. The zero-order valence-corrected chi connectivity index (χ0v) is 17.1. The topological polar surface area (TPSA) is 58.7 Å². The van der Waals surface area contributed by atoms with Crippen molar-refractivity contribution in [1.82, 2.24) is 9.99 Å². The minimum absolute atomic E-state index is 0.0239. The third kappa shape index (κ3) is 3.39. The lowest BCUT2D eigenvalue weighted by atomic mass is 10.1. The molecule has 140 valence electrons. The van der Waals surface area contributed by atoms with E-state index in [-0.39, 0.29) is 11.9 Å². The Morgan fingerprint density at radius 1 is 1.21 bits per heavy atom. The minimum Gasteiger partial charge on any atom is -0.463 e. The molecule has 8 heteroatoms. The summed E-state index contributed by atoms with van der Waals surface area (Å²) < 4.78 is 7.53. The van der Waals surface area contributed by atoms with Crippen molar-refractivity contribution in [2.75, 3.05) is 5.75 Å². The first-order valence-electron chi connectivity index (χ1n) is 8.73. The van der Waals surface area contributed by atoms with E-state index in [1.807, 2.05) is 47.8 Å². The van der Waals surface area contributed by atoms with Gasteiger partial charge in [0.05, 0.1) is 28.3 Å². The van der Waals surface area contributed by atoms with E-state index in [2.05, 4.69) is 16.2 Å². The molecule has 0 N–H and O–H groups in total. The Hall–Kier alpha value is -2.42. The van der Waals surface area contributed by atoms with Gasteiger partial charge in [0.2, 0.25) is 0 Å². The quantitative estimate of drug-likeness (QED) is 0.401. The molecule has 1 aliphatic heterocycles. The summed E-state index contributed by atoms with van der Waals surface area (Å²) in [5.74, 6) is 0.997. The zero-order chi connectivity index (χ0) is 18.9. The van der Waals surface area contributed by atoms with Gasteiger partial charge in [0, 0.05) is 11.3 Å². The summed E-state index contributed by atoms with van der Waals surface area (Å²) in [6.45, 7) is 0. The predicted octanol–water partition coefficient (Wildman–Crippen LogP) is 5.42. The Kier molecular flexibility index (Phi) is 4.76. The highest BCUT2D eigenvalue weighted by Crippen LogP contribution is 2.36. The van der Waals surface area contributed by atoms with Crippen LogP contribution in [0.5, 0.6) is 0 Å². The SMILES string of the molecule is O=C(CSc1nc2ccccc2s1)N1N=C(c2ccco2)CC1c1cccs1. The summed E-state index contributed by atoms with van der Waals surface area (Å²) in [5.41, 5.74) is 1.78. The van der Waals surface area contributed by atoms with E-state index < -0.39 is 0 Å². The number of hydrogen-bond acceptors (Lipinski definition) is 7. The van der Waals surface area contributed by atoms with Crippen molar-refractivity contribution in [3.63, 3.8) is 0 Å². The number of rotatable bonds is 5. The molecule has 0 bridgehead atoms. The molecular formula is C20H15N3O2S3. The average molecular weight is 426 g/mol. The molecular weight excluding hydrogens is 410 g/mol. The molecule has 1 amide bonds. The second-order valence-electron chi connectivity index (χ2n) is 6.23. The molecule has 0 saturated heterocycles. The number of nitrogens with zero attached hydrogens (tertiary/aromatic N) is 3. The van der Waals surface area contributed by atoms with Crippen molar-refractivity contribution in [1.29, 1.82) is 0 Å². The first-order valence-corrected chi connectivity index (χ1v) is 11.4. The van der Waals surface area contributed by atoms with Crippen LogP contribution in [-0.2, 0) is 4.79 Å². The van der Waals surface area contributed by atoms with E-state index in [0.29, 0.717) is 12.2 Å². The lowest BCUT2D eigenvalue weighted by Gasteiger charge is -2.20. The lowest BCUT2D eigenvalue weighted by molar-refractivity contribution is -0.130. The maximum Gasteiger partial charge on any atom is 0.253 e. The molecule has 0 saturated carbocycles. The summed E-state index contributed by atoms with van der Waals surface area (Å²) in [6, 6.07) is 15.7. The highest BCUT2D eigenvalue weighted by Gasteiger charge is 2.34. The number of thiazole rings is 1. The highest BCUT2D eigenvalue weighted by molar-refractivity contribution is 8.01. The molecule has 0 fully saturated rings. The third-order valence-electron chi connectivity index (χ3n) is 4.44. The molecule has 4 aromatic rings. The number of furan rings is 1. The van der Waals surface area contributed by atoms with Crippen LogP contribution in [0.15, 0.2) is 74.0 Å². The van der Waals surface area contributed by atoms with Gasteiger partial charge in [-0.1, -0.05) is 30.0 Å². The normalized spacial score (nSPS) is 16.6. The van der Waals surface area contributed by atoms with Gasteiger partial charge < -0.3 is 4.42 Å².